The molecule has 1 atom stereocenters. The van der Waals surface area contributed by atoms with Crippen LogP contribution in [0, 0.1) is 17.0 Å². The zero-order valence-corrected chi connectivity index (χ0v) is 12.1. The largest absolute Gasteiger partial charge is 0.394 e. The molecule has 0 spiro atoms. The molecular weight excluding hydrogens is 274 g/mol. The number of aliphatic hydroxyl groups is 2. The molecule has 0 saturated carbocycles. The van der Waals surface area contributed by atoms with Gasteiger partial charge in [-0.25, -0.2) is 0 Å². The van der Waals surface area contributed by atoms with Crippen molar-refractivity contribution in [2.45, 2.75) is 25.9 Å². The Bertz CT molecular complexity index is 515. The van der Waals surface area contributed by atoms with Crippen LogP contribution in [0.25, 0.3) is 0 Å². The fourth-order valence-corrected chi connectivity index (χ4v) is 2.52. The monoisotopic (exact) mass is 295 g/mol. The van der Waals surface area contributed by atoms with E-state index in [-0.39, 0.29) is 23.8 Å². The van der Waals surface area contributed by atoms with E-state index in [2.05, 4.69) is 5.32 Å². The van der Waals surface area contributed by atoms with Crippen molar-refractivity contribution in [3.05, 3.63) is 27.8 Å². The van der Waals surface area contributed by atoms with Crippen molar-refractivity contribution in [1.82, 2.24) is 0 Å². The summed E-state index contributed by atoms with van der Waals surface area (Å²) in [4.78, 5) is 12.9. The predicted octanol–water partition coefficient (Wildman–Crippen LogP) is 1.27. The lowest BCUT2D eigenvalue weighted by atomic mass is 10.1. The van der Waals surface area contributed by atoms with Gasteiger partial charge >= 0.3 is 0 Å². The van der Waals surface area contributed by atoms with Crippen LogP contribution in [0.2, 0.25) is 0 Å². The average molecular weight is 295 g/mol. The normalized spacial score (nSPS) is 16.0. The highest BCUT2D eigenvalue weighted by atomic mass is 16.6. The minimum atomic E-state index is -0.852. The molecule has 1 aromatic carbocycles. The van der Waals surface area contributed by atoms with E-state index >= 15 is 0 Å². The number of benzene rings is 1. The third-order valence-electron chi connectivity index (χ3n) is 3.70. The van der Waals surface area contributed by atoms with Crippen LogP contribution in [0.4, 0.5) is 17.1 Å². The number of nitro benzene ring substituents is 1. The van der Waals surface area contributed by atoms with Crippen molar-refractivity contribution in [2.75, 3.05) is 36.5 Å². The number of nitro groups is 1. The fraction of sp³-hybridized carbons (Fsp3) is 0.571. The second-order valence-electron chi connectivity index (χ2n) is 5.32. The lowest BCUT2D eigenvalue weighted by molar-refractivity contribution is -0.384. The molecule has 1 saturated heterocycles. The molecule has 1 unspecified atom stereocenters. The summed E-state index contributed by atoms with van der Waals surface area (Å²) in [6.45, 7) is 3.31. The summed E-state index contributed by atoms with van der Waals surface area (Å²) in [7, 11) is 0. The summed E-state index contributed by atoms with van der Waals surface area (Å²) in [5.74, 6) is 0. The Balaban J connectivity index is 2.29. The van der Waals surface area contributed by atoms with E-state index in [4.69, 9.17) is 5.11 Å². The zero-order valence-electron chi connectivity index (χ0n) is 12.1. The summed E-state index contributed by atoms with van der Waals surface area (Å²) in [6, 6.07) is 3.32. The third-order valence-corrected chi connectivity index (χ3v) is 3.70. The van der Waals surface area contributed by atoms with E-state index in [1.165, 1.54) is 0 Å². The molecule has 1 heterocycles. The molecule has 0 amide bonds. The first-order chi connectivity index (χ1) is 10.0. The van der Waals surface area contributed by atoms with Crippen molar-refractivity contribution in [1.29, 1.82) is 0 Å². The number of nitrogens with one attached hydrogen (secondary N) is 1. The highest BCUT2D eigenvalue weighted by molar-refractivity contribution is 5.72. The molecular formula is C14H21N3O4. The van der Waals surface area contributed by atoms with Gasteiger partial charge in [-0.15, -0.1) is 0 Å². The first-order valence-corrected chi connectivity index (χ1v) is 7.09. The van der Waals surface area contributed by atoms with Crippen LogP contribution in [0.3, 0.4) is 0 Å². The molecule has 1 aromatic rings. The van der Waals surface area contributed by atoms with Crippen molar-refractivity contribution in [2.24, 2.45) is 0 Å². The lowest BCUT2D eigenvalue weighted by Gasteiger charge is -2.20. The molecule has 0 aliphatic carbocycles. The van der Waals surface area contributed by atoms with Gasteiger partial charge in [-0.2, -0.15) is 0 Å². The third kappa shape index (κ3) is 3.62. The van der Waals surface area contributed by atoms with E-state index in [0.29, 0.717) is 5.69 Å². The Morgan fingerprint density at radius 3 is 2.67 bits per heavy atom. The van der Waals surface area contributed by atoms with Crippen molar-refractivity contribution in [3.8, 4) is 0 Å². The summed E-state index contributed by atoms with van der Waals surface area (Å²) < 4.78 is 0. The number of aliphatic hydroxyl groups excluding tert-OH is 2. The van der Waals surface area contributed by atoms with Crippen molar-refractivity contribution in [3.63, 3.8) is 0 Å². The first-order valence-electron chi connectivity index (χ1n) is 7.09. The molecule has 7 nitrogen and oxygen atoms in total. The maximum Gasteiger partial charge on any atom is 0.292 e. The van der Waals surface area contributed by atoms with Crippen LogP contribution in [0.1, 0.15) is 18.4 Å². The second-order valence-corrected chi connectivity index (χ2v) is 5.32. The van der Waals surface area contributed by atoms with Crippen LogP contribution in [0.15, 0.2) is 12.1 Å². The van der Waals surface area contributed by atoms with E-state index in [9.17, 15) is 15.2 Å². The SMILES string of the molecule is Cc1cc([N+](=O)[O-])c(N2CCCC2)cc1NCC(O)CO. The van der Waals surface area contributed by atoms with Gasteiger partial charge in [-0.1, -0.05) is 0 Å². The summed E-state index contributed by atoms with van der Waals surface area (Å²) in [5.41, 5.74) is 2.22. The Kier molecular flexibility index (Phi) is 4.98. The van der Waals surface area contributed by atoms with Crippen LogP contribution >= 0.6 is 0 Å². The summed E-state index contributed by atoms with van der Waals surface area (Å²) in [5, 5.41) is 32.5. The molecule has 1 aliphatic heterocycles. The van der Waals surface area contributed by atoms with Gasteiger partial charge < -0.3 is 20.4 Å². The van der Waals surface area contributed by atoms with E-state index in [1.807, 2.05) is 4.90 Å². The number of rotatable bonds is 6. The minimum Gasteiger partial charge on any atom is -0.394 e. The number of aryl methyl sites for hydroxylation is 1. The van der Waals surface area contributed by atoms with Gasteiger partial charge in [0.25, 0.3) is 5.69 Å². The molecule has 2 rings (SSSR count). The average Bonchev–Trinajstić information content (AvgIpc) is 2.99. The Morgan fingerprint density at radius 2 is 2.10 bits per heavy atom. The van der Waals surface area contributed by atoms with E-state index in [1.54, 1.807) is 19.1 Å². The maximum absolute atomic E-state index is 11.2. The first kappa shape index (κ1) is 15.5. The molecule has 1 aliphatic rings. The Labute approximate surface area is 123 Å². The molecule has 0 radical (unpaired) electrons. The highest BCUT2D eigenvalue weighted by Crippen LogP contribution is 2.35. The van der Waals surface area contributed by atoms with Gasteiger partial charge in [0.15, 0.2) is 0 Å². The number of nitrogens with zero attached hydrogens (tertiary/aromatic N) is 2. The smallest absolute Gasteiger partial charge is 0.292 e. The van der Waals surface area contributed by atoms with Crippen LogP contribution in [0.5, 0.6) is 0 Å². The van der Waals surface area contributed by atoms with Gasteiger partial charge in [-0.05, 0) is 31.4 Å². The van der Waals surface area contributed by atoms with Gasteiger partial charge in [0.05, 0.1) is 17.6 Å². The fourth-order valence-electron chi connectivity index (χ4n) is 2.52. The number of hydrogen-bond donors (Lipinski definition) is 3. The van der Waals surface area contributed by atoms with E-state index < -0.39 is 6.10 Å². The molecule has 0 aromatic heterocycles. The molecule has 116 valence electrons. The van der Waals surface area contributed by atoms with Crippen molar-refractivity contribution < 1.29 is 15.1 Å². The second kappa shape index (κ2) is 6.73. The van der Waals surface area contributed by atoms with Gasteiger partial charge in [-0.3, -0.25) is 10.1 Å². The quantitative estimate of drug-likeness (QED) is 0.540. The summed E-state index contributed by atoms with van der Waals surface area (Å²) >= 11 is 0. The number of anilines is 2. The molecule has 21 heavy (non-hydrogen) atoms. The maximum atomic E-state index is 11.2. The van der Waals surface area contributed by atoms with Crippen LogP contribution in [-0.2, 0) is 0 Å². The van der Waals surface area contributed by atoms with Gasteiger partial charge in [0, 0.05) is 31.4 Å². The van der Waals surface area contributed by atoms with Crippen LogP contribution < -0.4 is 10.2 Å². The predicted molar refractivity (Wildman–Crippen MR) is 80.9 cm³/mol. The molecule has 7 heteroatoms. The Morgan fingerprint density at radius 1 is 1.43 bits per heavy atom. The highest BCUT2D eigenvalue weighted by Gasteiger charge is 2.23. The topological polar surface area (TPSA) is 98.9 Å². The Hall–Kier alpha value is -1.86. The lowest BCUT2D eigenvalue weighted by Crippen LogP contribution is -2.24. The minimum absolute atomic E-state index is 0.114. The molecule has 3 N–H and O–H groups in total. The van der Waals surface area contributed by atoms with Crippen LogP contribution in [-0.4, -0.2) is 47.5 Å². The summed E-state index contributed by atoms with van der Waals surface area (Å²) in [6.07, 6.45) is 1.23. The van der Waals surface area contributed by atoms with Crippen molar-refractivity contribution >= 4 is 17.1 Å². The van der Waals surface area contributed by atoms with Gasteiger partial charge in [0.1, 0.15) is 5.69 Å². The zero-order chi connectivity index (χ0) is 15.4. The van der Waals surface area contributed by atoms with E-state index in [0.717, 1.165) is 37.2 Å². The standard InChI is InChI=1S/C14H21N3O4/c1-10-6-14(17(20)21)13(16-4-2-3-5-16)7-12(10)15-8-11(19)9-18/h6-7,11,15,18-19H,2-5,8-9H2,1H3. The van der Waals surface area contributed by atoms with Gasteiger partial charge in [0.2, 0.25) is 0 Å². The molecule has 1 fully saturated rings. The molecule has 0 bridgehead atoms. The number of hydrogen-bond acceptors (Lipinski definition) is 6.